The molecule has 0 unspecified atom stereocenters. The van der Waals surface area contributed by atoms with Crippen molar-refractivity contribution in [2.24, 2.45) is 0 Å². The lowest BCUT2D eigenvalue weighted by atomic mass is 9.90. The van der Waals surface area contributed by atoms with Crippen molar-refractivity contribution in [1.82, 2.24) is 29.9 Å². The van der Waals surface area contributed by atoms with Crippen molar-refractivity contribution < 1.29 is 0 Å². The Hall–Kier alpha value is -7.18. The Labute approximate surface area is 299 Å². The molecule has 242 valence electrons. The first-order chi connectivity index (χ1) is 25.8. The van der Waals surface area contributed by atoms with Crippen LogP contribution in [0.1, 0.15) is 0 Å². The van der Waals surface area contributed by atoms with E-state index in [2.05, 4.69) is 89.9 Å². The van der Waals surface area contributed by atoms with Crippen LogP contribution in [-0.2, 0) is 0 Å². The minimum atomic E-state index is 0.582. The molecule has 0 fully saturated rings. The molecular formula is C46H28N6. The summed E-state index contributed by atoms with van der Waals surface area (Å²) in [6.45, 7) is 0. The van der Waals surface area contributed by atoms with Gasteiger partial charge in [-0.15, -0.1) is 0 Å². The predicted octanol–water partition coefficient (Wildman–Crippen LogP) is 11.0. The summed E-state index contributed by atoms with van der Waals surface area (Å²) in [4.78, 5) is 29.5. The molecule has 3 aromatic heterocycles. The lowest BCUT2D eigenvalue weighted by Gasteiger charge is -2.16. The van der Waals surface area contributed by atoms with Crippen molar-refractivity contribution in [1.29, 1.82) is 0 Å². The maximum absolute atomic E-state index is 5.13. The summed E-state index contributed by atoms with van der Waals surface area (Å²) >= 11 is 0. The Balaban J connectivity index is 1.30. The third kappa shape index (κ3) is 5.13. The van der Waals surface area contributed by atoms with E-state index in [1.807, 2.05) is 72.9 Å². The highest BCUT2D eigenvalue weighted by atomic mass is 15.0. The molecule has 0 saturated heterocycles. The monoisotopic (exact) mass is 664 g/mol. The number of rotatable bonds is 5. The van der Waals surface area contributed by atoms with Crippen molar-refractivity contribution in [3.63, 3.8) is 0 Å². The molecule has 0 saturated carbocycles. The van der Waals surface area contributed by atoms with E-state index < -0.39 is 0 Å². The predicted molar refractivity (Wildman–Crippen MR) is 210 cm³/mol. The van der Waals surface area contributed by atoms with E-state index in [0.29, 0.717) is 17.5 Å². The molecule has 52 heavy (non-hydrogen) atoms. The van der Waals surface area contributed by atoms with Crippen LogP contribution in [0.2, 0.25) is 0 Å². The second-order valence-corrected chi connectivity index (χ2v) is 12.8. The minimum absolute atomic E-state index is 0.582. The van der Waals surface area contributed by atoms with Gasteiger partial charge in [-0.1, -0.05) is 109 Å². The van der Waals surface area contributed by atoms with Gasteiger partial charge in [0.05, 0.1) is 16.6 Å². The van der Waals surface area contributed by atoms with E-state index in [1.165, 1.54) is 21.5 Å². The average Bonchev–Trinajstić information content (AvgIpc) is 3.23. The third-order valence-electron chi connectivity index (χ3n) is 9.61. The van der Waals surface area contributed by atoms with Crippen molar-refractivity contribution in [3.8, 4) is 56.4 Å². The number of aromatic nitrogens is 6. The minimum Gasteiger partial charge on any atom is -0.256 e. The molecule has 0 radical (unpaired) electrons. The van der Waals surface area contributed by atoms with E-state index in [9.17, 15) is 0 Å². The number of nitrogens with zero attached hydrogens (tertiary/aromatic N) is 6. The standard InChI is InChI=1S/C46H28N6/c1-3-12-29(13-4-1)44-50-45(30-14-5-2-6-15-30)52-46(51-44)34-25-32(39-27-31-16-7-8-17-35(31)36-18-9-10-19-37(36)39)24-33(26-34)40-28-41-43(49-23-22-47-41)38-20-11-21-48-42(38)40/h1-28H. The fourth-order valence-corrected chi connectivity index (χ4v) is 7.20. The summed E-state index contributed by atoms with van der Waals surface area (Å²) in [5.41, 5.74) is 9.28. The van der Waals surface area contributed by atoms with E-state index in [1.54, 1.807) is 12.4 Å². The van der Waals surface area contributed by atoms with Gasteiger partial charge in [-0.05, 0) is 80.7 Å². The molecule has 0 spiro atoms. The number of hydrogen-bond acceptors (Lipinski definition) is 6. The summed E-state index contributed by atoms with van der Waals surface area (Å²) in [6, 6.07) is 52.4. The fraction of sp³-hybridized carbons (Fsp3) is 0. The van der Waals surface area contributed by atoms with Gasteiger partial charge in [0.25, 0.3) is 0 Å². The normalized spacial score (nSPS) is 11.5. The van der Waals surface area contributed by atoms with E-state index in [-0.39, 0.29) is 0 Å². The van der Waals surface area contributed by atoms with E-state index in [0.717, 1.165) is 60.9 Å². The summed E-state index contributed by atoms with van der Waals surface area (Å²) in [5, 5.41) is 5.72. The highest BCUT2D eigenvalue weighted by Crippen LogP contribution is 2.41. The highest BCUT2D eigenvalue weighted by molar-refractivity contribution is 6.14. The molecule has 6 nitrogen and oxygen atoms in total. The maximum atomic E-state index is 5.13. The van der Waals surface area contributed by atoms with Crippen LogP contribution in [0.25, 0.3) is 99.9 Å². The van der Waals surface area contributed by atoms with Gasteiger partial charge in [-0.2, -0.15) is 0 Å². The number of benzene rings is 7. The zero-order chi connectivity index (χ0) is 34.4. The van der Waals surface area contributed by atoms with Crippen LogP contribution in [0.5, 0.6) is 0 Å². The Bertz CT molecular complexity index is 2770. The third-order valence-corrected chi connectivity index (χ3v) is 9.61. The van der Waals surface area contributed by atoms with Crippen molar-refractivity contribution in [2.45, 2.75) is 0 Å². The quantitative estimate of drug-likeness (QED) is 0.170. The number of fused-ring (bicyclic) bond motifs is 6. The Kier molecular flexibility index (Phi) is 7.03. The smallest absolute Gasteiger partial charge is 0.164 e. The topological polar surface area (TPSA) is 77.3 Å². The second kappa shape index (κ2) is 12.3. The van der Waals surface area contributed by atoms with Gasteiger partial charge in [0.2, 0.25) is 0 Å². The maximum Gasteiger partial charge on any atom is 0.164 e. The van der Waals surface area contributed by atoms with Gasteiger partial charge < -0.3 is 0 Å². The fourth-order valence-electron chi connectivity index (χ4n) is 7.20. The molecule has 10 rings (SSSR count). The molecule has 0 amide bonds. The lowest BCUT2D eigenvalue weighted by Crippen LogP contribution is -2.00. The molecular weight excluding hydrogens is 637 g/mol. The number of pyridine rings is 1. The average molecular weight is 665 g/mol. The van der Waals surface area contributed by atoms with E-state index in [4.69, 9.17) is 24.9 Å². The van der Waals surface area contributed by atoms with Crippen LogP contribution in [-0.4, -0.2) is 29.9 Å². The largest absolute Gasteiger partial charge is 0.256 e. The highest BCUT2D eigenvalue weighted by Gasteiger charge is 2.18. The van der Waals surface area contributed by atoms with Gasteiger partial charge in [0.1, 0.15) is 0 Å². The van der Waals surface area contributed by atoms with Crippen molar-refractivity contribution >= 4 is 43.5 Å². The summed E-state index contributed by atoms with van der Waals surface area (Å²) in [7, 11) is 0. The van der Waals surface area contributed by atoms with Gasteiger partial charge >= 0.3 is 0 Å². The first-order valence-electron chi connectivity index (χ1n) is 17.2. The SMILES string of the molecule is c1ccc(-c2nc(-c3ccccc3)nc(-c3cc(-c4cc5ccccc5c5ccccc45)cc(-c4cc5nccnc5c5cccnc45)c3)n2)cc1. The first kappa shape index (κ1) is 29.7. The summed E-state index contributed by atoms with van der Waals surface area (Å²) in [6.07, 6.45) is 5.30. The van der Waals surface area contributed by atoms with Gasteiger partial charge in [0.15, 0.2) is 17.5 Å². The Morgan fingerprint density at radius 1 is 0.308 bits per heavy atom. The van der Waals surface area contributed by atoms with Crippen LogP contribution in [0.15, 0.2) is 170 Å². The molecule has 10 aromatic rings. The first-order valence-corrected chi connectivity index (χ1v) is 17.2. The lowest BCUT2D eigenvalue weighted by molar-refractivity contribution is 1.07. The number of hydrogen-bond donors (Lipinski definition) is 0. The molecule has 7 aromatic carbocycles. The van der Waals surface area contributed by atoms with Crippen LogP contribution >= 0.6 is 0 Å². The van der Waals surface area contributed by atoms with Gasteiger partial charge in [-0.25, -0.2) is 15.0 Å². The van der Waals surface area contributed by atoms with Crippen LogP contribution in [0.3, 0.4) is 0 Å². The zero-order valence-electron chi connectivity index (χ0n) is 27.8. The Morgan fingerprint density at radius 3 is 1.58 bits per heavy atom. The van der Waals surface area contributed by atoms with Crippen LogP contribution < -0.4 is 0 Å². The molecule has 0 N–H and O–H groups in total. The molecule has 0 aliphatic heterocycles. The molecule has 0 atom stereocenters. The molecule has 0 aliphatic rings. The van der Waals surface area contributed by atoms with Gasteiger partial charge in [0, 0.05) is 46.2 Å². The zero-order valence-corrected chi connectivity index (χ0v) is 27.8. The van der Waals surface area contributed by atoms with Crippen LogP contribution in [0, 0.1) is 0 Å². The van der Waals surface area contributed by atoms with Crippen molar-refractivity contribution in [2.75, 3.05) is 0 Å². The van der Waals surface area contributed by atoms with E-state index >= 15 is 0 Å². The molecule has 3 heterocycles. The molecule has 0 aliphatic carbocycles. The van der Waals surface area contributed by atoms with Crippen molar-refractivity contribution in [3.05, 3.63) is 170 Å². The van der Waals surface area contributed by atoms with Crippen LogP contribution in [0.4, 0.5) is 0 Å². The van der Waals surface area contributed by atoms with Gasteiger partial charge in [-0.3, -0.25) is 15.0 Å². The molecule has 0 bridgehead atoms. The summed E-state index contributed by atoms with van der Waals surface area (Å²) < 4.78 is 0. The summed E-state index contributed by atoms with van der Waals surface area (Å²) in [5.74, 6) is 1.81. The second-order valence-electron chi connectivity index (χ2n) is 12.8. The molecule has 6 heteroatoms. The Morgan fingerprint density at radius 2 is 0.846 bits per heavy atom.